The third kappa shape index (κ3) is 2.44. The van der Waals surface area contributed by atoms with E-state index < -0.39 is 12.0 Å². The molecule has 1 atom stereocenters. The molecule has 18 heavy (non-hydrogen) atoms. The minimum Gasteiger partial charge on any atom is -0.480 e. The zero-order valence-electron chi connectivity index (χ0n) is 11.1. The Labute approximate surface area is 108 Å². The number of nitrogens with one attached hydrogen (secondary N) is 1. The number of carbonyl (C=O) groups excluding carboxylic acids is 1. The van der Waals surface area contributed by atoms with Crippen molar-refractivity contribution in [1.82, 2.24) is 10.2 Å². The molecular formula is C13H22N2O3. The van der Waals surface area contributed by atoms with Gasteiger partial charge in [-0.05, 0) is 37.0 Å². The smallest absolute Gasteiger partial charge is 0.326 e. The van der Waals surface area contributed by atoms with Gasteiger partial charge in [-0.3, -0.25) is 0 Å². The molecule has 5 nitrogen and oxygen atoms in total. The Morgan fingerprint density at radius 3 is 2.61 bits per heavy atom. The molecule has 0 aromatic heterocycles. The van der Waals surface area contributed by atoms with Crippen LogP contribution in [-0.4, -0.2) is 41.1 Å². The third-order valence-electron chi connectivity index (χ3n) is 4.51. The van der Waals surface area contributed by atoms with Gasteiger partial charge in [-0.2, -0.15) is 0 Å². The highest BCUT2D eigenvalue weighted by atomic mass is 16.4. The fourth-order valence-electron chi connectivity index (χ4n) is 2.74. The summed E-state index contributed by atoms with van der Waals surface area (Å²) in [5.74, 6) is -0.334. The number of carbonyl (C=O) groups is 2. The molecule has 0 spiro atoms. The largest absolute Gasteiger partial charge is 0.480 e. The lowest BCUT2D eigenvalue weighted by molar-refractivity contribution is -0.141. The van der Waals surface area contributed by atoms with E-state index in [4.69, 9.17) is 5.11 Å². The number of amides is 2. The van der Waals surface area contributed by atoms with E-state index in [1.54, 1.807) is 0 Å². The lowest BCUT2D eigenvalue weighted by atomic mass is 9.92. The van der Waals surface area contributed by atoms with E-state index in [2.05, 4.69) is 19.2 Å². The average molecular weight is 254 g/mol. The molecule has 0 aromatic carbocycles. The molecule has 102 valence electrons. The number of nitrogens with zero attached hydrogens (tertiary/aromatic N) is 1. The second-order valence-electron chi connectivity index (χ2n) is 5.87. The van der Waals surface area contributed by atoms with Crippen molar-refractivity contribution in [3.63, 3.8) is 0 Å². The minimum atomic E-state index is -0.896. The molecular weight excluding hydrogens is 232 g/mol. The summed E-state index contributed by atoms with van der Waals surface area (Å²) in [6.45, 7) is 5.58. The van der Waals surface area contributed by atoms with Crippen molar-refractivity contribution < 1.29 is 14.7 Å². The van der Waals surface area contributed by atoms with E-state index >= 15 is 0 Å². The maximum absolute atomic E-state index is 12.0. The van der Waals surface area contributed by atoms with Crippen molar-refractivity contribution in [3.8, 4) is 0 Å². The molecule has 1 saturated heterocycles. The summed E-state index contributed by atoms with van der Waals surface area (Å²) >= 11 is 0. The Morgan fingerprint density at radius 1 is 1.44 bits per heavy atom. The number of carboxylic acid groups (broad SMARTS) is 1. The molecule has 2 fully saturated rings. The number of aliphatic carboxylic acids is 1. The molecule has 2 N–H and O–H groups in total. The van der Waals surface area contributed by atoms with E-state index in [0.717, 1.165) is 19.3 Å². The number of hydrogen-bond acceptors (Lipinski definition) is 2. The molecule has 2 amide bonds. The molecule has 1 saturated carbocycles. The summed E-state index contributed by atoms with van der Waals surface area (Å²) in [6, 6.07) is -0.856. The van der Waals surface area contributed by atoms with Gasteiger partial charge in [0.2, 0.25) is 0 Å². The lowest BCUT2D eigenvalue weighted by Crippen LogP contribution is -2.47. The van der Waals surface area contributed by atoms with E-state index in [-0.39, 0.29) is 11.4 Å². The quantitative estimate of drug-likeness (QED) is 0.802. The van der Waals surface area contributed by atoms with Crippen LogP contribution in [0.3, 0.4) is 0 Å². The Kier molecular flexibility index (Phi) is 3.50. The molecule has 1 aliphatic heterocycles. The number of hydrogen-bond donors (Lipinski definition) is 2. The van der Waals surface area contributed by atoms with Gasteiger partial charge in [0.25, 0.3) is 0 Å². The van der Waals surface area contributed by atoms with Crippen molar-refractivity contribution >= 4 is 12.0 Å². The van der Waals surface area contributed by atoms with Crippen molar-refractivity contribution in [3.05, 3.63) is 0 Å². The maximum atomic E-state index is 12.0. The summed E-state index contributed by atoms with van der Waals surface area (Å²) in [5.41, 5.74) is 0.258. The predicted octanol–water partition coefficient (Wildman–Crippen LogP) is 1.68. The highest BCUT2D eigenvalue weighted by Gasteiger charge is 2.46. The van der Waals surface area contributed by atoms with Crippen LogP contribution in [-0.2, 0) is 4.79 Å². The second-order valence-corrected chi connectivity index (χ2v) is 5.87. The molecule has 5 heteroatoms. The highest BCUT2D eigenvalue weighted by Crippen LogP contribution is 2.51. The summed E-state index contributed by atoms with van der Waals surface area (Å²) < 4.78 is 0. The van der Waals surface area contributed by atoms with Gasteiger partial charge in [-0.25, -0.2) is 9.59 Å². The van der Waals surface area contributed by atoms with Gasteiger partial charge in [0.15, 0.2) is 0 Å². The first kappa shape index (κ1) is 13.2. The van der Waals surface area contributed by atoms with E-state index in [1.807, 2.05) is 0 Å². The minimum absolute atomic E-state index is 0.216. The van der Waals surface area contributed by atoms with Crippen molar-refractivity contribution in [2.75, 3.05) is 13.1 Å². The van der Waals surface area contributed by atoms with Crippen LogP contribution in [0.15, 0.2) is 0 Å². The SMILES string of the molecule is CC(C)C1(CNC(=O)N2CCC[C@@H]2C(=O)O)CC1. The predicted molar refractivity (Wildman–Crippen MR) is 67.3 cm³/mol. The zero-order chi connectivity index (χ0) is 13.3. The topological polar surface area (TPSA) is 69.6 Å². The molecule has 0 unspecified atom stereocenters. The molecule has 1 aliphatic carbocycles. The molecule has 1 heterocycles. The van der Waals surface area contributed by atoms with Gasteiger partial charge in [-0.15, -0.1) is 0 Å². The third-order valence-corrected chi connectivity index (χ3v) is 4.51. The normalized spacial score (nSPS) is 25.3. The maximum Gasteiger partial charge on any atom is 0.326 e. The first-order chi connectivity index (χ1) is 8.46. The van der Waals surface area contributed by atoms with Crippen LogP contribution in [0.25, 0.3) is 0 Å². The van der Waals surface area contributed by atoms with Crippen molar-refractivity contribution in [2.24, 2.45) is 11.3 Å². The summed E-state index contributed by atoms with van der Waals surface area (Å²) in [5, 5.41) is 12.0. The standard InChI is InChI=1S/C13H22N2O3/c1-9(2)13(5-6-13)8-14-12(18)15-7-3-4-10(15)11(16)17/h9-10H,3-8H2,1-2H3,(H,14,18)(H,16,17)/t10-/m1/s1. The van der Waals surface area contributed by atoms with Gasteiger partial charge in [0.05, 0.1) is 0 Å². The van der Waals surface area contributed by atoms with Gasteiger partial charge in [0, 0.05) is 13.1 Å². The van der Waals surface area contributed by atoms with Gasteiger partial charge < -0.3 is 15.3 Å². The highest BCUT2D eigenvalue weighted by molar-refractivity contribution is 5.83. The molecule has 0 bridgehead atoms. The van der Waals surface area contributed by atoms with Crippen LogP contribution < -0.4 is 5.32 Å². The fraction of sp³-hybridized carbons (Fsp3) is 0.846. The van der Waals surface area contributed by atoms with Gasteiger partial charge in [0.1, 0.15) is 6.04 Å². The monoisotopic (exact) mass is 254 g/mol. The first-order valence-electron chi connectivity index (χ1n) is 6.73. The molecule has 2 rings (SSSR count). The number of rotatable bonds is 4. The summed E-state index contributed by atoms with van der Waals surface area (Å²) in [6.07, 6.45) is 3.67. The molecule has 0 aromatic rings. The van der Waals surface area contributed by atoms with Crippen molar-refractivity contribution in [1.29, 1.82) is 0 Å². The van der Waals surface area contributed by atoms with Crippen LogP contribution in [0, 0.1) is 11.3 Å². The summed E-state index contributed by atoms with van der Waals surface area (Å²) in [7, 11) is 0. The summed E-state index contributed by atoms with van der Waals surface area (Å²) in [4.78, 5) is 24.5. The van der Waals surface area contributed by atoms with E-state index in [9.17, 15) is 9.59 Å². The van der Waals surface area contributed by atoms with Crippen LogP contribution in [0.5, 0.6) is 0 Å². The molecule has 2 aliphatic rings. The number of likely N-dealkylation sites (tertiary alicyclic amines) is 1. The van der Waals surface area contributed by atoms with E-state index in [1.165, 1.54) is 4.90 Å². The second kappa shape index (κ2) is 4.78. The van der Waals surface area contributed by atoms with E-state index in [0.29, 0.717) is 25.4 Å². The average Bonchev–Trinajstić information content (AvgIpc) is 2.94. The Hall–Kier alpha value is -1.26. The van der Waals surface area contributed by atoms with Gasteiger partial charge in [-0.1, -0.05) is 13.8 Å². The Balaban J connectivity index is 1.87. The Morgan fingerprint density at radius 2 is 2.11 bits per heavy atom. The zero-order valence-corrected chi connectivity index (χ0v) is 11.1. The van der Waals surface area contributed by atoms with Crippen LogP contribution in [0.4, 0.5) is 4.79 Å². The lowest BCUT2D eigenvalue weighted by Gasteiger charge is -2.25. The van der Waals surface area contributed by atoms with Gasteiger partial charge >= 0.3 is 12.0 Å². The number of carboxylic acids is 1. The first-order valence-corrected chi connectivity index (χ1v) is 6.73. The van der Waals surface area contributed by atoms with Crippen LogP contribution in [0.2, 0.25) is 0 Å². The fourth-order valence-corrected chi connectivity index (χ4v) is 2.74. The van der Waals surface area contributed by atoms with Crippen LogP contribution >= 0.6 is 0 Å². The molecule has 0 radical (unpaired) electrons. The van der Waals surface area contributed by atoms with Crippen LogP contribution in [0.1, 0.15) is 39.5 Å². The number of urea groups is 1. The van der Waals surface area contributed by atoms with Crippen molar-refractivity contribution in [2.45, 2.75) is 45.6 Å². The Bertz CT molecular complexity index is 350.